The van der Waals surface area contributed by atoms with Gasteiger partial charge in [-0.15, -0.1) is 0 Å². The lowest BCUT2D eigenvalue weighted by Gasteiger charge is -2.25. The third-order valence-corrected chi connectivity index (χ3v) is 8.59. The molecule has 4 rings (SSSR count). The van der Waals surface area contributed by atoms with E-state index in [-0.39, 0.29) is 33.8 Å². The Morgan fingerprint density at radius 2 is 1.44 bits per heavy atom. The predicted molar refractivity (Wildman–Crippen MR) is 167 cm³/mol. The van der Waals surface area contributed by atoms with Crippen LogP contribution in [0.5, 0.6) is 11.5 Å². The molecule has 0 aromatic heterocycles. The normalized spacial score (nSPS) is 11.7. The SMILES string of the molecule is COc1ccc(S(=O)(=O)N(CC(=O)Nc2ccccc2C(=O)N[C@@H](C)c2ccccc2)c2cc(C)cc(C)c2)cc1OC. The van der Waals surface area contributed by atoms with E-state index in [0.717, 1.165) is 21.0 Å². The fourth-order valence-electron chi connectivity index (χ4n) is 4.72. The second-order valence-corrected chi connectivity index (χ2v) is 11.9. The number of hydrogen-bond acceptors (Lipinski definition) is 6. The highest BCUT2D eigenvalue weighted by atomic mass is 32.2. The molecule has 0 radical (unpaired) electrons. The molecule has 0 aliphatic heterocycles. The molecule has 0 aliphatic rings. The van der Waals surface area contributed by atoms with Crippen LogP contribution in [0, 0.1) is 13.8 Å². The first-order chi connectivity index (χ1) is 20.5. The van der Waals surface area contributed by atoms with E-state index in [1.165, 1.54) is 32.4 Å². The molecule has 0 saturated heterocycles. The van der Waals surface area contributed by atoms with Gasteiger partial charge in [0.25, 0.3) is 15.9 Å². The number of nitrogens with zero attached hydrogens (tertiary/aromatic N) is 1. The smallest absolute Gasteiger partial charge is 0.264 e. The van der Waals surface area contributed by atoms with Crippen molar-refractivity contribution in [2.45, 2.75) is 31.7 Å². The van der Waals surface area contributed by atoms with Crippen molar-refractivity contribution >= 4 is 33.2 Å². The number of carbonyl (C=O) groups is 2. The minimum atomic E-state index is -4.25. The summed E-state index contributed by atoms with van der Waals surface area (Å²) in [6, 6.07) is 25.4. The van der Waals surface area contributed by atoms with Gasteiger partial charge in [0, 0.05) is 6.07 Å². The summed E-state index contributed by atoms with van der Waals surface area (Å²) in [4.78, 5) is 26.6. The number of hydrogen-bond donors (Lipinski definition) is 2. The van der Waals surface area contributed by atoms with E-state index in [9.17, 15) is 18.0 Å². The average molecular weight is 602 g/mol. The lowest BCUT2D eigenvalue weighted by molar-refractivity contribution is -0.114. The largest absolute Gasteiger partial charge is 0.493 e. The van der Waals surface area contributed by atoms with Crippen molar-refractivity contribution in [2.24, 2.45) is 0 Å². The molecule has 0 spiro atoms. The fraction of sp³-hybridized carbons (Fsp3) is 0.212. The maximum Gasteiger partial charge on any atom is 0.264 e. The van der Waals surface area contributed by atoms with E-state index in [1.54, 1.807) is 36.4 Å². The van der Waals surface area contributed by atoms with Gasteiger partial charge in [0.1, 0.15) is 6.54 Å². The maximum absolute atomic E-state index is 14.0. The van der Waals surface area contributed by atoms with Gasteiger partial charge in [-0.3, -0.25) is 13.9 Å². The van der Waals surface area contributed by atoms with Gasteiger partial charge in [-0.25, -0.2) is 8.42 Å². The summed E-state index contributed by atoms with van der Waals surface area (Å²) >= 11 is 0. The Morgan fingerprint density at radius 3 is 2.09 bits per heavy atom. The number of ether oxygens (including phenoxy) is 2. The molecule has 10 heteroatoms. The van der Waals surface area contributed by atoms with Crippen molar-refractivity contribution in [1.82, 2.24) is 5.32 Å². The van der Waals surface area contributed by atoms with Crippen LogP contribution in [0.2, 0.25) is 0 Å². The van der Waals surface area contributed by atoms with Crippen molar-refractivity contribution in [1.29, 1.82) is 0 Å². The van der Waals surface area contributed by atoms with Gasteiger partial charge in [-0.2, -0.15) is 0 Å². The van der Waals surface area contributed by atoms with Crippen LogP contribution in [-0.2, 0) is 14.8 Å². The van der Waals surface area contributed by atoms with Crippen LogP contribution in [0.4, 0.5) is 11.4 Å². The van der Waals surface area contributed by atoms with Crippen molar-refractivity contribution in [3.8, 4) is 11.5 Å². The molecule has 43 heavy (non-hydrogen) atoms. The van der Waals surface area contributed by atoms with E-state index < -0.39 is 22.5 Å². The maximum atomic E-state index is 14.0. The molecule has 2 N–H and O–H groups in total. The monoisotopic (exact) mass is 601 g/mol. The predicted octanol–water partition coefficient (Wildman–Crippen LogP) is 5.65. The Kier molecular flexibility index (Phi) is 9.72. The van der Waals surface area contributed by atoms with Crippen LogP contribution in [0.3, 0.4) is 0 Å². The lowest BCUT2D eigenvalue weighted by atomic mass is 10.1. The van der Waals surface area contributed by atoms with E-state index in [4.69, 9.17) is 9.47 Å². The van der Waals surface area contributed by atoms with E-state index in [0.29, 0.717) is 11.4 Å². The van der Waals surface area contributed by atoms with Gasteiger partial charge in [-0.05, 0) is 73.9 Å². The van der Waals surface area contributed by atoms with E-state index in [1.807, 2.05) is 57.2 Å². The summed E-state index contributed by atoms with van der Waals surface area (Å²) in [5, 5.41) is 5.70. The Hall–Kier alpha value is -4.83. The highest BCUT2D eigenvalue weighted by molar-refractivity contribution is 7.92. The zero-order chi connectivity index (χ0) is 31.1. The standard InChI is InChI=1S/C33H35N3O6S/c1-22-17-23(2)19-26(18-22)36(43(39,40)27-15-16-30(41-4)31(20-27)42-5)21-32(37)35-29-14-10-9-13-28(29)33(38)34-24(3)25-11-7-6-8-12-25/h6-20,24H,21H2,1-5H3,(H,34,38)(H,35,37)/t24-/m0/s1. The quantitative estimate of drug-likeness (QED) is 0.230. The molecule has 1 atom stereocenters. The second-order valence-electron chi connectivity index (χ2n) is 10.1. The molecule has 0 fully saturated rings. The molecular formula is C33H35N3O6S. The number of carbonyl (C=O) groups excluding carboxylic acids is 2. The first-order valence-corrected chi connectivity index (χ1v) is 15.0. The Balaban J connectivity index is 1.64. The summed E-state index contributed by atoms with van der Waals surface area (Å²) in [5.41, 5.74) is 3.43. The van der Waals surface area contributed by atoms with Crippen molar-refractivity contribution in [2.75, 3.05) is 30.4 Å². The fourth-order valence-corrected chi connectivity index (χ4v) is 6.14. The number of para-hydroxylation sites is 1. The highest BCUT2D eigenvalue weighted by Crippen LogP contribution is 2.33. The Bertz CT molecular complexity index is 1700. The Labute approximate surface area is 252 Å². The van der Waals surface area contributed by atoms with Gasteiger partial charge >= 0.3 is 0 Å². The molecule has 224 valence electrons. The third kappa shape index (κ3) is 7.34. The molecule has 0 aliphatic carbocycles. The van der Waals surface area contributed by atoms with Crippen molar-refractivity contribution in [3.63, 3.8) is 0 Å². The molecule has 4 aromatic rings. The van der Waals surface area contributed by atoms with E-state index in [2.05, 4.69) is 10.6 Å². The van der Waals surface area contributed by atoms with Crippen LogP contribution in [0.1, 0.15) is 40.0 Å². The molecule has 0 unspecified atom stereocenters. The number of benzene rings is 4. The number of amides is 2. The van der Waals surface area contributed by atoms with Crippen molar-refractivity contribution < 1.29 is 27.5 Å². The van der Waals surface area contributed by atoms with Crippen LogP contribution in [0.15, 0.2) is 95.9 Å². The minimum absolute atomic E-state index is 0.0770. The number of aryl methyl sites for hydroxylation is 2. The molecule has 0 bridgehead atoms. The number of rotatable bonds is 11. The topological polar surface area (TPSA) is 114 Å². The Morgan fingerprint density at radius 1 is 0.814 bits per heavy atom. The molecule has 2 amide bonds. The molecule has 9 nitrogen and oxygen atoms in total. The zero-order valence-electron chi connectivity index (χ0n) is 24.7. The average Bonchev–Trinajstić information content (AvgIpc) is 2.99. The lowest BCUT2D eigenvalue weighted by Crippen LogP contribution is -2.38. The van der Waals surface area contributed by atoms with Crippen molar-refractivity contribution in [3.05, 3.63) is 113 Å². The first kappa shape index (κ1) is 31.1. The van der Waals surface area contributed by atoms with Crippen LogP contribution in [-0.4, -0.2) is 41.0 Å². The molecule has 0 heterocycles. The summed E-state index contributed by atoms with van der Waals surface area (Å²) in [6.45, 7) is 5.03. The van der Waals surface area contributed by atoms with Crippen LogP contribution >= 0.6 is 0 Å². The van der Waals surface area contributed by atoms with Gasteiger partial charge in [0.15, 0.2) is 11.5 Å². The summed E-state index contributed by atoms with van der Waals surface area (Å²) in [7, 11) is -1.38. The summed E-state index contributed by atoms with van der Waals surface area (Å²) in [5.74, 6) is -0.400. The van der Waals surface area contributed by atoms with Gasteiger partial charge in [0.05, 0.1) is 42.1 Å². The third-order valence-electron chi connectivity index (χ3n) is 6.82. The molecular weight excluding hydrogens is 566 g/mol. The number of anilines is 2. The zero-order valence-corrected chi connectivity index (χ0v) is 25.6. The molecule has 0 saturated carbocycles. The highest BCUT2D eigenvalue weighted by Gasteiger charge is 2.29. The number of methoxy groups -OCH3 is 2. The minimum Gasteiger partial charge on any atom is -0.493 e. The summed E-state index contributed by atoms with van der Waals surface area (Å²) < 4.78 is 39.7. The van der Waals surface area contributed by atoms with Gasteiger partial charge < -0.3 is 20.1 Å². The van der Waals surface area contributed by atoms with Crippen LogP contribution in [0.25, 0.3) is 0 Å². The number of nitrogens with one attached hydrogen (secondary N) is 2. The van der Waals surface area contributed by atoms with E-state index >= 15 is 0 Å². The summed E-state index contributed by atoms with van der Waals surface area (Å²) in [6.07, 6.45) is 0. The van der Waals surface area contributed by atoms with Gasteiger partial charge in [-0.1, -0.05) is 48.5 Å². The second kappa shape index (κ2) is 13.4. The first-order valence-electron chi connectivity index (χ1n) is 13.6. The van der Waals surface area contributed by atoms with Gasteiger partial charge in [0.2, 0.25) is 5.91 Å². The number of sulfonamides is 1. The van der Waals surface area contributed by atoms with Crippen LogP contribution < -0.4 is 24.4 Å². The molecule has 4 aromatic carbocycles.